The number of nitrogens with zero attached hydrogens (tertiary/aromatic N) is 3. The monoisotopic (exact) mass is 361 g/mol. The first-order valence-corrected chi connectivity index (χ1v) is 9.59. The molecule has 0 aromatic heterocycles. The van der Waals surface area contributed by atoms with E-state index in [1.807, 2.05) is 35.0 Å². The van der Waals surface area contributed by atoms with E-state index >= 15 is 0 Å². The van der Waals surface area contributed by atoms with E-state index in [4.69, 9.17) is 9.47 Å². The highest BCUT2D eigenvalue weighted by molar-refractivity contribution is 5.75. The minimum atomic E-state index is 0.144. The number of hydrogen-bond donors (Lipinski definition) is 0. The van der Waals surface area contributed by atoms with Gasteiger partial charge in [-0.3, -0.25) is 4.79 Å². The van der Waals surface area contributed by atoms with E-state index in [0.29, 0.717) is 38.9 Å². The van der Waals surface area contributed by atoms with Gasteiger partial charge in [0.15, 0.2) is 0 Å². The lowest BCUT2D eigenvalue weighted by atomic mass is 10.3. The fourth-order valence-corrected chi connectivity index (χ4v) is 1.86. The number of hydrogen-bond acceptors (Lipinski definition) is 5. The minimum absolute atomic E-state index is 0.144. The molecule has 0 aliphatic heterocycles. The quantitative estimate of drug-likeness (QED) is 0.444. The smallest absolute Gasteiger partial charge is 0.224 e. The van der Waals surface area contributed by atoms with Crippen molar-refractivity contribution in [1.82, 2.24) is 14.7 Å². The van der Waals surface area contributed by atoms with Crippen LogP contribution in [0.25, 0.3) is 0 Å². The summed E-state index contributed by atoms with van der Waals surface area (Å²) in [6.45, 7) is 13.4. The molecule has 0 aliphatic carbocycles. The van der Waals surface area contributed by atoms with Crippen molar-refractivity contribution in [3.8, 4) is 0 Å². The number of rotatable bonds is 14. The minimum Gasteiger partial charge on any atom is -0.379 e. The second-order valence-electron chi connectivity index (χ2n) is 6.52. The molecule has 152 valence electrons. The fraction of sp³-hybridized carbons (Fsp3) is 0.947. The third-order valence-electron chi connectivity index (χ3n) is 3.83. The maximum atomic E-state index is 12.0. The number of carbonyl (C=O) groups is 1. The molecule has 1 amide bonds. The van der Waals surface area contributed by atoms with Gasteiger partial charge in [-0.05, 0) is 48.0 Å². The van der Waals surface area contributed by atoms with Crippen LogP contribution in [0, 0.1) is 0 Å². The molecule has 0 atom stereocenters. The molecule has 0 radical (unpaired) electrons. The predicted molar refractivity (Wildman–Crippen MR) is 106 cm³/mol. The fourth-order valence-electron chi connectivity index (χ4n) is 1.86. The summed E-state index contributed by atoms with van der Waals surface area (Å²) in [7, 11) is 8.01. The van der Waals surface area contributed by atoms with E-state index < -0.39 is 0 Å². The molecule has 6 heteroatoms. The van der Waals surface area contributed by atoms with Crippen LogP contribution in [-0.2, 0) is 14.3 Å². The van der Waals surface area contributed by atoms with Crippen LogP contribution < -0.4 is 0 Å². The van der Waals surface area contributed by atoms with Gasteiger partial charge in [0.05, 0.1) is 32.8 Å². The summed E-state index contributed by atoms with van der Waals surface area (Å²) in [5, 5.41) is 0. The van der Waals surface area contributed by atoms with E-state index in [1.54, 1.807) is 4.90 Å². The maximum Gasteiger partial charge on any atom is 0.224 e. The summed E-state index contributed by atoms with van der Waals surface area (Å²) in [6, 6.07) is 0.546. The van der Waals surface area contributed by atoms with Crippen molar-refractivity contribution in [3.05, 3.63) is 0 Å². The highest BCUT2D eigenvalue weighted by atomic mass is 16.5. The lowest BCUT2D eigenvalue weighted by Gasteiger charge is -2.23. The zero-order chi connectivity index (χ0) is 19.7. The van der Waals surface area contributed by atoms with Crippen LogP contribution in [0.15, 0.2) is 0 Å². The molecule has 0 aromatic carbocycles. The lowest BCUT2D eigenvalue weighted by Crippen LogP contribution is -2.33. The number of ether oxygens (including phenoxy) is 2. The van der Waals surface area contributed by atoms with Crippen molar-refractivity contribution in [2.75, 3.05) is 74.3 Å². The molecule has 0 saturated carbocycles. The molecular weight excluding hydrogens is 318 g/mol. The third-order valence-corrected chi connectivity index (χ3v) is 3.83. The van der Waals surface area contributed by atoms with Gasteiger partial charge < -0.3 is 24.2 Å². The van der Waals surface area contributed by atoms with Gasteiger partial charge >= 0.3 is 0 Å². The van der Waals surface area contributed by atoms with Crippen molar-refractivity contribution >= 4 is 5.91 Å². The van der Waals surface area contributed by atoms with Gasteiger partial charge in [0.2, 0.25) is 5.91 Å². The molecule has 0 bridgehead atoms. The molecule has 0 saturated heterocycles. The molecule has 0 heterocycles. The molecule has 25 heavy (non-hydrogen) atoms. The van der Waals surface area contributed by atoms with Crippen LogP contribution in [0.2, 0.25) is 0 Å². The van der Waals surface area contributed by atoms with Crippen LogP contribution >= 0.6 is 0 Å². The normalized spacial score (nSPS) is 11.0. The SMILES string of the molecule is CC.CC(C)N(C)CCCN(C)C(=O)CCOCCOCCN(C)C. The number of likely N-dealkylation sites (N-methyl/N-ethyl adjacent to an activating group) is 1. The van der Waals surface area contributed by atoms with Crippen molar-refractivity contribution in [1.29, 1.82) is 0 Å². The maximum absolute atomic E-state index is 12.0. The van der Waals surface area contributed by atoms with E-state index in [-0.39, 0.29) is 5.91 Å². The van der Waals surface area contributed by atoms with Crippen molar-refractivity contribution in [3.63, 3.8) is 0 Å². The van der Waals surface area contributed by atoms with Gasteiger partial charge in [0.1, 0.15) is 0 Å². The number of amides is 1. The Hall–Kier alpha value is -0.690. The molecule has 0 rings (SSSR count). The molecule has 0 unspecified atom stereocenters. The second kappa shape index (κ2) is 18.1. The lowest BCUT2D eigenvalue weighted by molar-refractivity contribution is -0.131. The van der Waals surface area contributed by atoms with Crippen LogP contribution in [-0.4, -0.2) is 101 Å². The third kappa shape index (κ3) is 17.9. The van der Waals surface area contributed by atoms with Gasteiger partial charge in [0.25, 0.3) is 0 Å². The zero-order valence-corrected chi connectivity index (χ0v) is 18.0. The summed E-state index contributed by atoms with van der Waals surface area (Å²) in [5.41, 5.74) is 0. The van der Waals surface area contributed by atoms with Gasteiger partial charge in [-0.15, -0.1) is 0 Å². The number of carbonyl (C=O) groups excluding carboxylic acids is 1. The topological polar surface area (TPSA) is 45.3 Å². The average Bonchev–Trinajstić information content (AvgIpc) is 2.58. The Morgan fingerprint density at radius 1 is 0.840 bits per heavy atom. The first-order valence-electron chi connectivity index (χ1n) is 9.59. The molecule has 0 aromatic rings. The standard InChI is InChI=1S/C17H37N3O3.C2H6/c1-16(2)19(5)9-7-10-20(6)17(21)8-12-22-14-15-23-13-11-18(3)4;1-2/h16H,7-15H2,1-6H3;1-2H3. The molecule has 0 N–H and O–H groups in total. The summed E-state index contributed by atoms with van der Waals surface area (Å²) >= 11 is 0. The highest BCUT2D eigenvalue weighted by Crippen LogP contribution is 1.98. The van der Waals surface area contributed by atoms with Crippen LogP contribution in [0.4, 0.5) is 0 Å². The molecule has 0 fully saturated rings. The molecular formula is C19H43N3O3. The summed E-state index contributed by atoms with van der Waals surface area (Å²) in [5.74, 6) is 0.144. The Kier molecular flexibility index (Phi) is 19.2. The molecule has 0 aliphatic rings. The first-order chi connectivity index (χ1) is 11.8. The average molecular weight is 362 g/mol. The van der Waals surface area contributed by atoms with Crippen LogP contribution in [0.1, 0.15) is 40.5 Å². The summed E-state index contributed by atoms with van der Waals surface area (Å²) in [6.07, 6.45) is 1.44. The van der Waals surface area contributed by atoms with E-state index in [1.165, 1.54) is 0 Å². The molecule has 0 spiro atoms. The van der Waals surface area contributed by atoms with Gasteiger partial charge in [0, 0.05) is 26.2 Å². The second-order valence-corrected chi connectivity index (χ2v) is 6.52. The van der Waals surface area contributed by atoms with Gasteiger partial charge in [-0.2, -0.15) is 0 Å². The molecule has 6 nitrogen and oxygen atoms in total. The predicted octanol–water partition coefficient (Wildman–Crippen LogP) is 2.19. The van der Waals surface area contributed by atoms with Crippen LogP contribution in [0.5, 0.6) is 0 Å². The Balaban J connectivity index is 0. The summed E-state index contributed by atoms with van der Waals surface area (Å²) < 4.78 is 10.9. The Bertz CT molecular complexity index is 300. The van der Waals surface area contributed by atoms with Gasteiger partial charge in [-0.25, -0.2) is 0 Å². The van der Waals surface area contributed by atoms with Crippen molar-refractivity contribution < 1.29 is 14.3 Å². The van der Waals surface area contributed by atoms with E-state index in [0.717, 1.165) is 26.1 Å². The summed E-state index contributed by atoms with van der Waals surface area (Å²) in [4.78, 5) is 18.1. The van der Waals surface area contributed by atoms with Crippen LogP contribution in [0.3, 0.4) is 0 Å². The largest absolute Gasteiger partial charge is 0.379 e. The first kappa shape index (κ1) is 26.5. The van der Waals surface area contributed by atoms with E-state index in [2.05, 4.69) is 30.7 Å². The Morgan fingerprint density at radius 3 is 1.92 bits per heavy atom. The van der Waals surface area contributed by atoms with Crippen molar-refractivity contribution in [2.24, 2.45) is 0 Å². The van der Waals surface area contributed by atoms with Gasteiger partial charge in [-0.1, -0.05) is 13.8 Å². The Morgan fingerprint density at radius 2 is 1.40 bits per heavy atom. The Labute approximate surface area is 156 Å². The van der Waals surface area contributed by atoms with Crippen molar-refractivity contribution in [2.45, 2.75) is 46.6 Å². The highest BCUT2D eigenvalue weighted by Gasteiger charge is 2.09. The zero-order valence-electron chi connectivity index (χ0n) is 18.0. The van der Waals surface area contributed by atoms with E-state index in [9.17, 15) is 4.79 Å².